The van der Waals surface area contributed by atoms with Gasteiger partial charge in [-0.05, 0) is 30.5 Å². The molecule has 1 aliphatic rings. The van der Waals surface area contributed by atoms with Gasteiger partial charge in [0.1, 0.15) is 5.75 Å². The molecule has 0 aromatic heterocycles. The van der Waals surface area contributed by atoms with Gasteiger partial charge >= 0.3 is 0 Å². The van der Waals surface area contributed by atoms with Crippen LogP contribution in [0.1, 0.15) is 18.4 Å². The van der Waals surface area contributed by atoms with Crippen LogP contribution in [-0.2, 0) is 11.2 Å². The molecular formula is C11H13NO2. The minimum absolute atomic E-state index is 0.0399. The Kier molecular flexibility index (Phi) is 2.39. The van der Waals surface area contributed by atoms with Gasteiger partial charge in [-0.25, -0.2) is 0 Å². The van der Waals surface area contributed by atoms with E-state index in [2.05, 4.69) is 5.32 Å². The standard InChI is InChI=1S/C11H13NO2/c13-10-3-1-2-8(6-10)7-11(14)12-9-4-5-9/h1-3,6,9,13H,4-5,7H2,(H,12,14). The van der Waals surface area contributed by atoms with Crippen LogP contribution in [0.2, 0.25) is 0 Å². The van der Waals surface area contributed by atoms with Gasteiger partial charge in [0.05, 0.1) is 6.42 Å². The van der Waals surface area contributed by atoms with E-state index < -0.39 is 0 Å². The molecule has 0 spiro atoms. The molecule has 1 fully saturated rings. The first-order valence-corrected chi connectivity index (χ1v) is 4.81. The third-order valence-corrected chi connectivity index (χ3v) is 2.22. The molecule has 3 heteroatoms. The average molecular weight is 191 g/mol. The van der Waals surface area contributed by atoms with Crippen LogP contribution in [-0.4, -0.2) is 17.1 Å². The van der Waals surface area contributed by atoms with Crippen LogP contribution in [0.3, 0.4) is 0 Å². The molecule has 3 nitrogen and oxygen atoms in total. The zero-order valence-electron chi connectivity index (χ0n) is 7.86. The highest BCUT2D eigenvalue weighted by Gasteiger charge is 2.22. The van der Waals surface area contributed by atoms with Crippen molar-refractivity contribution in [3.8, 4) is 5.75 Å². The van der Waals surface area contributed by atoms with E-state index >= 15 is 0 Å². The maximum Gasteiger partial charge on any atom is 0.224 e. The summed E-state index contributed by atoms with van der Waals surface area (Å²) in [5.41, 5.74) is 0.850. The molecule has 74 valence electrons. The SMILES string of the molecule is O=C(Cc1cccc(O)c1)NC1CC1. The van der Waals surface area contributed by atoms with Crippen LogP contribution in [0.15, 0.2) is 24.3 Å². The lowest BCUT2D eigenvalue weighted by molar-refractivity contribution is -0.120. The predicted molar refractivity (Wildman–Crippen MR) is 53.0 cm³/mol. The van der Waals surface area contributed by atoms with Gasteiger partial charge in [-0.1, -0.05) is 12.1 Å². The number of rotatable bonds is 3. The molecule has 1 aromatic rings. The molecule has 2 N–H and O–H groups in total. The lowest BCUT2D eigenvalue weighted by Gasteiger charge is -2.03. The Morgan fingerprint density at radius 3 is 2.93 bits per heavy atom. The van der Waals surface area contributed by atoms with Crippen LogP contribution in [0.5, 0.6) is 5.75 Å². The number of nitrogens with one attached hydrogen (secondary N) is 1. The number of carbonyl (C=O) groups excluding carboxylic acids is 1. The number of carbonyl (C=O) groups is 1. The van der Waals surface area contributed by atoms with Gasteiger partial charge in [0.2, 0.25) is 5.91 Å². The minimum atomic E-state index is 0.0399. The molecule has 1 aliphatic carbocycles. The zero-order valence-corrected chi connectivity index (χ0v) is 7.86. The quantitative estimate of drug-likeness (QED) is 0.754. The van der Waals surface area contributed by atoms with Crippen molar-refractivity contribution in [3.63, 3.8) is 0 Å². The minimum Gasteiger partial charge on any atom is -0.508 e. The fourth-order valence-electron chi connectivity index (χ4n) is 1.36. The Hall–Kier alpha value is -1.51. The van der Waals surface area contributed by atoms with Crippen molar-refractivity contribution in [2.45, 2.75) is 25.3 Å². The summed E-state index contributed by atoms with van der Waals surface area (Å²) < 4.78 is 0. The van der Waals surface area contributed by atoms with Gasteiger partial charge in [-0.2, -0.15) is 0 Å². The Balaban J connectivity index is 1.92. The smallest absolute Gasteiger partial charge is 0.224 e. The second-order valence-electron chi connectivity index (χ2n) is 3.69. The van der Waals surface area contributed by atoms with E-state index in [1.54, 1.807) is 18.2 Å². The summed E-state index contributed by atoms with van der Waals surface area (Å²) in [7, 11) is 0. The fraction of sp³-hybridized carbons (Fsp3) is 0.364. The van der Waals surface area contributed by atoms with E-state index in [0.717, 1.165) is 18.4 Å². The second kappa shape index (κ2) is 3.70. The number of aromatic hydroxyl groups is 1. The van der Waals surface area contributed by atoms with E-state index in [4.69, 9.17) is 0 Å². The van der Waals surface area contributed by atoms with Crippen LogP contribution >= 0.6 is 0 Å². The third kappa shape index (κ3) is 2.49. The monoisotopic (exact) mass is 191 g/mol. The summed E-state index contributed by atoms with van der Waals surface area (Å²) in [6, 6.07) is 7.20. The zero-order chi connectivity index (χ0) is 9.97. The Bertz CT molecular complexity index is 345. The van der Waals surface area contributed by atoms with Crippen molar-refractivity contribution >= 4 is 5.91 Å². The fourth-order valence-corrected chi connectivity index (χ4v) is 1.36. The van der Waals surface area contributed by atoms with E-state index in [9.17, 15) is 9.90 Å². The molecule has 0 atom stereocenters. The molecule has 1 amide bonds. The van der Waals surface area contributed by atoms with Gasteiger partial charge in [0, 0.05) is 6.04 Å². The van der Waals surface area contributed by atoms with Gasteiger partial charge in [-0.3, -0.25) is 4.79 Å². The summed E-state index contributed by atoms with van der Waals surface area (Å²) in [6.07, 6.45) is 2.56. The van der Waals surface area contributed by atoms with Crippen LogP contribution < -0.4 is 5.32 Å². The van der Waals surface area contributed by atoms with Crippen molar-refractivity contribution in [3.05, 3.63) is 29.8 Å². The highest BCUT2D eigenvalue weighted by atomic mass is 16.3. The Labute approximate surface area is 82.8 Å². The van der Waals surface area contributed by atoms with Gasteiger partial charge in [0.25, 0.3) is 0 Å². The number of hydrogen-bond acceptors (Lipinski definition) is 2. The highest BCUT2D eigenvalue weighted by Crippen LogP contribution is 2.19. The Morgan fingerprint density at radius 1 is 1.50 bits per heavy atom. The van der Waals surface area contributed by atoms with Crippen LogP contribution in [0.4, 0.5) is 0 Å². The maximum absolute atomic E-state index is 11.4. The van der Waals surface area contributed by atoms with Crippen molar-refractivity contribution in [1.29, 1.82) is 0 Å². The molecule has 1 aromatic carbocycles. The number of amides is 1. The molecule has 0 saturated heterocycles. The van der Waals surface area contributed by atoms with Crippen LogP contribution in [0.25, 0.3) is 0 Å². The first-order chi connectivity index (χ1) is 6.74. The van der Waals surface area contributed by atoms with Crippen LogP contribution in [0, 0.1) is 0 Å². The summed E-state index contributed by atoms with van der Waals surface area (Å²) in [5, 5.41) is 12.1. The Morgan fingerprint density at radius 2 is 2.29 bits per heavy atom. The largest absolute Gasteiger partial charge is 0.508 e. The summed E-state index contributed by atoms with van der Waals surface area (Å²) in [5.74, 6) is 0.250. The number of phenols is 1. The van der Waals surface area contributed by atoms with Crippen molar-refractivity contribution < 1.29 is 9.90 Å². The third-order valence-electron chi connectivity index (χ3n) is 2.22. The normalized spacial score (nSPS) is 15.1. The molecule has 1 saturated carbocycles. The average Bonchev–Trinajstić information content (AvgIpc) is 2.87. The second-order valence-corrected chi connectivity index (χ2v) is 3.69. The number of hydrogen-bond donors (Lipinski definition) is 2. The molecule has 0 heterocycles. The predicted octanol–water partition coefficient (Wildman–Crippen LogP) is 1.21. The molecule has 2 rings (SSSR count). The number of benzene rings is 1. The van der Waals surface area contributed by atoms with E-state index in [1.807, 2.05) is 6.07 Å². The summed E-state index contributed by atoms with van der Waals surface area (Å²) >= 11 is 0. The molecule has 0 radical (unpaired) electrons. The van der Waals surface area contributed by atoms with Crippen molar-refractivity contribution in [1.82, 2.24) is 5.32 Å². The lowest BCUT2D eigenvalue weighted by atomic mass is 10.1. The van der Waals surface area contributed by atoms with E-state index in [1.165, 1.54) is 0 Å². The van der Waals surface area contributed by atoms with E-state index in [-0.39, 0.29) is 11.7 Å². The summed E-state index contributed by atoms with van der Waals surface area (Å²) in [6.45, 7) is 0. The molecular weight excluding hydrogens is 178 g/mol. The van der Waals surface area contributed by atoms with Gasteiger partial charge in [0.15, 0.2) is 0 Å². The molecule has 0 unspecified atom stereocenters. The molecule has 0 bridgehead atoms. The first-order valence-electron chi connectivity index (χ1n) is 4.81. The topological polar surface area (TPSA) is 49.3 Å². The van der Waals surface area contributed by atoms with E-state index in [0.29, 0.717) is 12.5 Å². The number of phenolic OH excluding ortho intramolecular Hbond substituents is 1. The maximum atomic E-state index is 11.4. The van der Waals surface area contributed by atoms with Crippen molar-refractivity contribution in [2.75, 3.05) is 0 Å². The molecule has 14 heavy (non-hydrogen) atoms. The van der Waals surface area contributed by atoms with Gasteiger partial charge in [-0.15, -0.1) is 0 Å². The van der Waals surface area contributed by atoms with Gasteiger partial charge < -0.3 is 10.4 Å². The van der Waals surface area contributed by atoms with Crippen molar-refractivity contribution in [2.24, 2.45) is 0 Å². The highest BCUT2D eigenvalue weighted by molar-refractivity contribution is 5.79. The molecule has 0 aliphatic heterocycles. The summed E-state index contributed by atoms with van der Waals surface area (Å²) in [4.78, 5) is 11.4. The lowest BCUT2D eigenvalue weighted by Crippen LogP contribution is -2.26. The first kappa shape index (κ1) is 9.06.